The predicted molar refractivity (Wildman–Crippen MR) is 125 cm³/mol. The Bertz CT molecular complexity index is 759. The van der Waals surface area contributed by atoms with Crippen LogP contribution in [0.3, 0.4) is 0 Å². The summed E-state index contributed by atoms with van der Waals surface area (Å²) in [4.78, 5) is 0. The zero-order valence-corrected chi connectivity index (χ0v) is 18.1. The van der Waals surface area contributed by atoms with E-state index in [1.54, 1.807) is 0 Å². The second-order valence-corrected chi connectivity index (χ2v) is 8.25. The van der Waals surface area contributed by atoms with E-state index in [0.717, 1.165) is 24.9 Å². The van der Waals surface area contributed by atoms with Crippen molar-refractivity contribution in [2.24, 2.45) is 5.92 Å². The van der Waals surface area contributed by atoms with Crippen molar-refractivity contribution in [1.82, 2.24) is 0 Å². The number of hydrogen-bond donors (Lipinski definition) is 0. The molecule has 0 N–H and O–H groups in total. The standard InChI is InChI=1S/C28H36O/c1-3-5-7-21-29-22-24-11-15-26(16-12-24)28-19-17-27(18-20-28)25-13-9-23(10-14-25)8-6-4-2/h3-6,11-12,15-20,23,25H,7-10,13-14,21-22H2,1-2H3/b5-3?,6-4+. The lowest BCUT2D eigenvalue weighted by molar-refractivity contribution is 0.125. The van der Waals surface area contributed by atoms with Gasteiger partial charge in [0.15, 0.2) is 0 Å². The molecule has 1 aliphatic rings. The average Bonchev–Trinajstić information content (AvgIpc) is 2.78. The van der Waals surface area contributed by atoms with E-state index in [1.807, 2.05) is 6.92 Å². The number of benzene rings is 2. The summed E-state index contributed by atoms with van der Waals surface area (Å²) < 4.78 is 5.72. The maximum absolute atomic E-state index is 5.72. The van der Waals surface area contributed by atoms with Crippen LogP contribution in [0.4, 0.5) is 0 Å². The maximum atomic E-state index is 5.72. The summed E-state index contributed by atoms with van der Waals surface area (Å²) in [5.74, 6) is 1.64. The van der Waals surface area contributed by atoms with E-state index in [0.29, 0.717) is 6.61 Å². The summed E-state index contributed by atoms with van der Waals surface area (Å²) in [5.41, 5.74) is 5.34. The molecule has 1 heteroatoms. The predicted octanol–water partition coefficient (Wildman–Crippen LogP) is 8.08. The molecule has 3 rings (SSSR count). The van der Waals surface area contributed by atoms with Crippen molar-refractivity contribution in [3.8, 4) is 11.1 Å². The van der Waals surface area contributed by atoms with Crippen LogP contribution in [0.5, 0.6) is 0 Å². The summed E-state index contributed by atoms with van der Waals surface area (Å²) in [5, 5.41) is 0. The highest BCUT2D eigenvalue weighted by atomic mass is 16.5. The molecule has 0 heterocycles. The molecular weight excluding hydrogens is 352 g/mol. The molecule has 0 aliphatic heterocycles. The SMILES string of the molecule is CC=CCCOCc1ccc(-c2ccc(C3CCC(C/C=C/C)CC3)cc2)cc1. The third-order valence-electron chi connectivity index (χ3n) is 6.15. The van der Waals surface area contributed by atoms with Gasteiger partial charge in [0.1, 0.15) is 0 Å². The van der Waals surface area contributed by atoms with Gasteiger partial charge in [0.25, 0.3) is 0 Å². The highest BCUT2D eigenvalue weighted by Gasteiger charge is 2.21. The molecule has 0 unspecified atom stereocenters. The summed E-state index contributed by atoms with van der Waals surface area (Å²) in [6, 6.07) is 18.1. The molecule has 0 aromatic heterocycles. The van der Waals surface area contributed by atoms with Crippen LogP contribution >= 0.6 is 0 Å². The zero-order chi connectivity index (χ0) is 20.3. The van der Waals surface area contributed by atoms with Crippen LogP contribution in [-0.2, 0) is 11.3 Å². The van der Waals surface area contributed by atoms with Crippen LogP contribution in [-0.4, -0.2) is 6.61 Å². The topological polar surface area (TPSA) is 9.23 Å². The summed E-state index contributed by atoms with van der Waals surface area (Å²) in [7, 11) is 0. The summed E-state index contributed by atoms with van der Waals surface area (Å²) >= 11 is 0. The van der Waals surface area contributed by atoms with E-state index in [2.05, 4.69) is 79.8 Å². The lowest BCUT2D eigenvalue weighted by Gasteiger charge is -2.28. The normalized spacial score (nSPS) is 19.9. The third kappa shape index (κ3) is 6.72. The van der Waals surface area contributed by atoms with Crippen LogP contribution in [0.2, 0.25) is 0 Å². The van der Waals surface area contributed by atoms with Gasteiger partial charge in [-0.1, -0.05) is 72.8 Å². The van der Waals surface area contributed by atoms with Crippen molar-refractivity contribution < 1.29 is 4.74 Å². The zero-order valence-electron chi connectivity index (χ0n) is 18.1. The monoisotopic (exact) mass is 388 g/mol. The summed E-state index contributed by atoms with van der Waals surface area (Å²) in [6.45, 7) is 5.64. The Kier molecular flexibility index (Phi) is 8.77. The van der Waals surface area contributed by atoms with Gasteiger partial charge in [0.05, 0.1) is 13.2 Å². The number of allylic oxidation sites excluding steroid dienone is 3. The van der Waals surface area contributed by atoms with E-state index < -0.39 is 0 Å². The summed E-state index contributed by atoms with van der Waals surface area (Å²) in [6.07, 6.45) is 16.4. The molecule has 0 amide bonds. The maximum Gasteiger partial charge on any atom is 0.0717 e. The van der Waals surface area contributed by atoms with Crippen LogP contribution in [0.1, 0.15) is 69.4 Å². The Labute approximate surface area is 177 Å². The van der Waals surface area contributed by atoms with E-state index in [4.69, 9.17) is 4.74 Å². The first kappa shape index (κ1) is 21.6. The molecule has 0 spiro atoms. The number of hydrogen-bond acceptors (Lipinski definition) is 1. The van der Waals surface area contributed by atoms with Gasteiger partial charge < -0.3 is 4.74 Å². The van der Waals surface area contributed by atoms with Crippen molar-refractivity contribution in [2.45, 2.75) is 64.9 Å². The molecule has 154 valence electrons. The van der Waals surface area contributed by atoms with Crippen LogP contribution in [0, 0.1) is 5.92 Å². The van der Waals surface area contributed by atoms with Gasteiger partial charge in [0, 0.05) is 0 Å². The van der Waals surface area contributed by atoms with Gasteiger partial charge in [-0.3, -0.25) is 0 Å². The Morgan fingerprint density at radius 1 is 0.793 bits per heavy atom. The van der Waals surface area contributed by atoms with E-state index in [9.17, 15) is 0 Å². The first-order chi connectivity index (χ1) is 14.3. The Balaban J connectivity index is 1.51. The van der Waals surface area contributed by atoms with Gasteiger partial charge in [-0.05, 0) is 86.5 Å². The minimum atomic E-state index is 0.688. The molecule has 0 atom stereocenters. The van der Waals surface area contributed by atoms with E-state index in [-0.39, 0.29) is 0 Å². The molecule has 2 aromatic carbocycles. The molecule has 29 heavy (non-hydrogen) atoms. The fourth-order valence-electron chi connectivity index (χ4n) is 4.31. The Morgan fingerprint density at radius 3 is 2.03 bits per heavy atom. The lowest BCUT2D eigenvalue weighted by atomic mass is 9.77. The largest absolute Gasteiger partial charge is 0.376 e. The molecule has 1 fully saturated rings. The van der Waals surface area contributed by atoms with Crippen LogP contribution in [0.25, 0.3) is 11.1 Å². The molecule has 1 aliphatic carbocycles. The number of ether oxygens (including phenoxy) is 1. The van der Waals surface area contributed by atoms with Gasteiger partial charge in [-0.15, -0.1) is 0 Å². The smallest absolute Gasteiger partial charge is 0.0717 e. The molecule has 0 saturated heterocycles. The van der Waals surface area contributed by atoms with E-state index in [1.165, 1.54) is 54.4 Å². The number of rotatable bonds is 9. The minimum Gasteiger partial charge on any atom is -0.376 e. The molecule has 2 aromatic rings. The lowest BCUT2D eigenvalue weighted by Crippen LogP contribution is -2.12. The van der Waals surface area contributed by atoms with Crippen molar-refractivity contribution in [2.75, 3.05) is 6.61 Å². The quantitative estimate of drug-likeness (QED) is 0.311. The Hall–Kier alpha value is -2.12. The van der Waals surface area contributed by atoms with Gasteiger partial charge in [-0.2, -0.15) is 0 Å². The van der Waals surface area contributed by atoms with Crippen molar-refractivity contribution in [1.29, 1.82) is 0 Å². The third-order valence-corrected chi connectivity index (χ3v) is 6.15. The highest BCUT2D eigenvalue weighted by molar-refractivity contribution is 5.64. The van der Waals surface area contributed by atoms with Crippen molar-refractivity contribution in [3.63, 3.8) is 0 Å². The molecule has 1 nitrogen and oxygen atoms in total. The van der Waals surface area contributed by atoms with Crippen LogP contribution < -0.4 is 0 Å². The molecular formula is C28H36O. The molecule has 0 radical (unpaired) electrons. The van der Waals surface area contributed by atoms with E-state index >= 15 is 0 Å². The van der Waals surface area contributed by atoms with Gasteiger partial charge in [-0.25, -0.2) is 0 Å². The highest BCUT2D eigenvalue weighted by Crippen LogP contribution is 2.37. The first-order valence-electron chi connectivity index (χ1n) is 11.3. The van der Waals surface area contributed by atoms with Crippen molar-refractivity contribution >= 4 is 0 Å². The molecule has 0 bridgehead atoms. The van der Waals surface area contributed by atoms with Gasteiger partial charge in [0.2, 0.25) is 0 Å². The minimum absolute atomic E-state index is 0.688. The van der Waals surface area contributed by atoms with Gasteiger partial charge >= 0.3 is 0 Å². The second-order valence-electron chi connectivity index (χ2n) is 8.25. The van der Waals surface area contributed by atoms with Crippen molar-refractivity contribution in [3.05, 3.63) is 84.0 Å². The fraction of sp³-hybridized carbons (Fsp3) is 0.429. The second kappa shape index (κ2) is 11.8. The molecule has 1 saturated carbocycles. The fourth-order valence-corrected chi connectivity index (χ4v) is 4.31. The average molecular weight is 389 g/mol. The van der Waals surface area contributed by atoms with Crippen LogP contribution in [0.15, 0.2) is 72.8 Å². The Morgan fingerprint density at radius 2 is 1.41 bits per heavy atom. The first-order valence-corrected chi connectivity index (χ1v) is 11.3.